The van der Waals surface area contributed by atoms with E-state index in [4.69, 9.17) is 0 Å². The van der Waals surface area contributed by atoms with E-state index in [-0.39, 0.29) is 11.1 Å². The van der Waals surface area contributed by atoms with Gasteiger partial charge >= 0.3 is 0 Å². The number of halogens is 1. The Labute approximate surface area is 147 Å². The van der Waals surface area contributed by atoms with Gasteiger partial charge in [0, 0.05) is 11.3 Å². The predicted molar refractivity (Wildman–Crippen MR) is 95.9 cm³/mol. The minimum absolute atomic E-state index is 0.00761. The van der Waals surface area contributed by atoms with Gasteiger partial charge in [0.15, 0.2) is 0 Å². The van der Waals surface area contributed by atoms with Crippen molar-refractivity contribution in [3.8, 4) is 10.4 Å². The second-order valence-corrected chi connectivity index (χ2v) is 8.07. The molecule has 0 saturated heterocycles. The van der Waals surface area contributed by atoms with E-state index < -0.39 is 0 Å². The average Bonchev–Trinajstić information content (AvgIpc) is 3.03. The van der Waals surface area contributed by atoms with E-state index in [1.54, 1.807) is 41.6 Å². The van der Waals surface area contributed by atoms with Crippen LogP contribution in [0.15, 0.2) is 41.7 Å². The van der Waals surface area contributed by atoms with Crippen LogP contribution < -0.4 is 0 Å². The zero-order valence-corrected chi connectivity index (χ0v) is 14.5. The van der Waals surface area contributed by atoms with Crippen LogP contribution in [0.5, 0.6) is 0 Å². The molecule has 24 heavy (non-hydrogen) atoms. The molecule has 6 heteroatoms. The number of rotatable bonds is 3. The minimum atomic E-state index is -0.244. The van der Waals surface area contributed by atoms with Crippen LogP contribution in [-0.2, 0) is 4.79 Å². The molecule has 0 bridgehead atoms. The second kappa shape index (κ2) is 6.61. The summed E-state index contributed by atoms with van der Waals surface area (Å²) in [4.78, 5) is 21.9. The number of ketones is 1. The number of Topliss-reactive ketones (excluding diaryl/α,β-unsaturated/α-hetero) is 1. The van der Waals surface area contributed by atoms with Gasteiger partial charge in [-0.1, -0.05) is 30.3 Å². The van der Waals surface area contributed by atoms with Gasteiger partial charge in [-0.2, -0.15) is 0 Å². The smallest absolute Gasteiger partial charge is 0.146 e. The van der Waals surface area contributed by atoms with Crippen molar-refractivity contribution in [2.75, 3.05) is 0 Å². The SMILES string of the molecule is O=C1CCCC[C@@H]1Sc1ncnc2cc(-c3ccc(F)cc3)sc12. The summed E-state index contributed by atoms with van der Waals surface area (Å²) in [5, 5.41) is 0.881. The van der Waals surface area contributed by atoms with Gasteiger partial charge in [-0.15, -0.1) is 11.3 Å². The Hall–Kier alpha value is -1.79. The third-order valence-electron chi connectivity index (χ3n) is 4.16. The highest BCUT2D eigenvalue weighted by molar-refractivity contribution is 8.00. The Morgan fingerprint density at radius 1 is 1.17 bits per heavy atom. The number of benzene rings is 1. The normalized spacial score (nSPS) is 18.2. The Morgan fingerprint density at radius 2 is 2.00 bits per heavy atom. The van der Waals surface area contributed by atoms with Gasteiger partial charge in [-0.25, -0.2) is 14.4 Å². The summed E-state index contributed by atoms with van der Waals surface area (Å²) in [5.41, 5.74) is 1.84. The largest absolute Gasteiger partial charge is 0.298 e. The average molecular weight is 358 g/mol. The lowest BCUT2D eigenvalue weighted by atomic mass is 9.99. The number of thioether (sulfide) groups is 1. The number of hydrogen-bond acceptors (Lipinski definition) is 5. The van der Waals surface area contributed by atoms with Crippen LogP contribution in [0.4, 0.5) is 4.39 Å². The van der Waals surface area contributed by atoms with Gasteiger partial charge in [-0.05, 0) is 36.6 Å². The number of hydrogen-bond donors (Lipinski definition) is 0. The van der Waals surface area contributed by atoms with Crippen molar-refractivity contribution >= 4 is 39.1 Å². The maximum absolute atomic E-state index is 13.1. The summed E-state index contributed by atoms with van der Waals surface area (Å²) < 4.78 is 14.1. The fourth-order valence-corrected chi connectivity index (χ4v) is 5.28. The van der Waals surface area contributed by atoms with Crippen molar-refractivity contribution in [2.45, 2.75) is 36.0 Å². The summed E-state index contributed by atoms with van der Waals surface area (Å²) in [5.74, 6) is 0.0834. The number of fused-ring (bicyclic) bond motifs is 1. The molecular weight excluding hydrogens is 343 g/mol. The first-order valence-electron chi connectivity index (χ1n) is 7.90. The molecule has 1 aliphatic rings. The van der Waals surface area contributed by atoms with E-state index in [1.165, 1.54) is 12.1 Å². The molecule has 0 unspecified atom stereocenters. The van der Waals surface area contributed by atoms with Crippen LogP contribution in [0.2, 0.25) is 0 Å². The summed E-state index contributed by atoms with van der Waals surface area (Å²) >= 11 is 3.16. The third kappa shape index (κ3) is 3.08. The predicted octanol–water partition coefficient (Wildman–Crippen LogP) is 5.10. The van der Waals surface area contributed by atoms with Crippen LogP contribution >= 0.6 is 23.1 Å². The van der Waals surface area contributed by atoms with Gasteiger partial charge in [0.25, 0.3) is 0 Å². The summed E-state index contributed by atoms with van der Waals surface area (Å²) in [6, 6.07) is 8.46. The molecule has 0 amide bonds. The molecule has 1 aromatic carbocycles. The van der Waals surface area contributed by atoms with E-state index >= 15 is 0 Å². The number of aromatic nitrogens is 2. The first-order valence-corrected chi connectivity index (χ1v) is 9.60. The zero-order valence-electron chi connectivity index (χ0n) is 12.9. The number of nitrogens with zero attached hydrogens (tertiary/aromatic N) is 2. The van der Waals surface area contributed by atoms with Gasteiger partial charge in [0.1, 0.15) is 23.0 Å². The Kier molecular flexibility index (Phi) is 4.33. The molecule has 0 aliphatic heterocycles. The molecular formula is C18H15FN2OS2. The van der Waals surface area contributed by atoms with Crippen LogP contribution in [-0.4, -0.2) is 21.0 Å². The van der Waals surface area contributed by atoms with E-state index in [9.17, 15) is 9.18 Å². The monoisotopic (exact) mass is 358 g/mol. The van der Waals surface area contributed by atoms with E-state index in [0.717, 1.165) is 44.9 Å². The van der Waals surface area contributed by atoms with Crippen LogP contribution in [0, 0.1) is 5.82 Å². The molecule has 1 saturated carbocycles. The molecule has 4 rings (SSSR count). The van der Waals surface area contributed by atoms with Gasteiger partial charge in [0.05, 0.1) is 15.5 Å². The Morgan fingerprint density at radius 3 is 2.79 bits per heavy atom. The van der Waals surface area contributed by atoms with E-state index in [1.807, 2.05) is 6.07 Å². The van der Waals surface area contributed by atoms with Gasteiger partial charge in [0.2, 0.25) is 0 Å². The van der Waals surface area contributed by atoms with Crippen molar-refractivity contribution in [1.82, 2.24) is 9.97 Å². The van der Waals surface area contributed by atoms with Crippen molar-refractivity contribution in [2.24, 2.45) is 0 Å². The summed E-state index contributed by atoms with van der Waals surface area (Å²) in [7, 11) is 0. The molecule has 0 spiro atoms. The van der Waals surface area contributed by atoms with Crippen molar-refractivity contribution in [3.63, 3.8) is 0 Å². The molecule has 2 aromatic heterocycles. The van der Waals surface area contributed by atoms with E-state index in [2.05, 4.69) is 9.97 Å². The lowest BCUT2D eigenvalue weighted by Gasteiger charge is -2.19. The topological polar surface area (TPSA) is 42.9 Å². The van der Waals surface area contributed by atoms with Crippen LogP contribution in [0.25, 0.3) is 20.7 Å². The van der Waals surface area contributed by atoms with E-state index in [0.29, 0.717) is 12.2 Å². The first-order chi connectivity index (χ1) is 11.7. The highest BCUT2D eigenvalue weighted by Crippen LogP contribution is 2.39. The minimum Gasteiger partial charge on any atom is -0.298 e. The molecule has 2 heterocycles. The number of carbonyl (C=O) groups excluding carboxylic acids is 1. The highest BCUT2D eigenvalue weighted by atomic mass is 32.2. The second-order valence-electron chi connectivity index (χ2n) is 5.83. The first kappa shape index (κ1) is 15.7. The molecule has 3 nitrogen and oxygen atoms in total. The van der Waals surface area contributed by atoms with Crippen molar-refractivity contribution < 1.29 is 9.18 Å². The van der Waals surface area contributed by atoms with Gasteiger partial charge in [-0.3, -0.25) is 4.79 Å². The molecule has 1 atom stereocenters. The van der Waals surface area contributed by atoms with Crippen LogP contribution in [0.3, 0.4) is 0 Å². The summed E-state index contributed by atoms with van der Waals surface area (Å²) in [6.45, 7) is 0. The summed E-state index contributed by atoms with van der Waals surface area (Å²) in [6.07, 6.45) is 5.26. The Bertz CT molecular complexity index is 892. The lowest BCUT2D eigenvalue weighted by molar-refractivity contribution is -0.119. The standard InChI is InChI=1S/C18H15FN2OS2/c19-12-7-5-11(6-8-12)16-9-13-17(23-16)18(21-10-20-13)24-15-4-2-1-3-14(15)22/h5-10,15H,1-4H2/t15-/m0/s1. The fraction of sp³-hybridized carbons (Fsp3) is 0.278. The maximum atomic E-state index is 13.1. The lowest BCUT2D eigenvalue weighted by Crippen LogP contribution is -2.21. The third-order valence-corrected chi connectivity index (χ3v) is 6.78. The Balaban J connectivity index is 1.69. The molecule has 3 aromatic rings. The van der Waals surface area contributed by atoms with Gasteiger partial charge < -0.3 is 0 Å². The van der Waals surface area contributed by atoms with Crippen LogP contribution in [0.1, 0.15) is 25.7 Å². The van der Waals surface area contributed by atoms with Crippen molar-refractivity contribution in [3.05, 3.63) is 42.5 Å². The number of thiophene rings is 1. The highest BCUT2D eigenvalue weighted by Gasteiger charge is 2.25. The molecule has 122 valence electrons. The molecule has 1 aliphatic carbocycles. The maximum Gasteiger partial charge on any atom is 0.146 e. The molecule has 0 radical (unpaired) electrons. The quantitative estimate of drug-likeness (QED) is 0.611. The molecule has 0 N–H and O–H groups in total. The fourth-order valence-electron chi connectivity index (χ4n) is 2.88. The zero-order chi connectivity index (χ0) is 16.5. The molecule has 1 fully saturated rings. The van der Waals surface area contributed by atoms with Crippen molar-refractivity contribution in [1.29, 1.82) is 0 Å². The number of carbonyl (C=O) groups is 1.